The van der Waals surface area contributed by atoms with E-state index in [4.69, 9.17) is 0 Å². The largest absolute Gasteiger partial charge is 0.316 e. The van der Waals surface area contributed by atoms with Crippen molar-refractivity contribution in [3.63, 3.8) is 0 Å². The summed E-state index contributed by atoms with van der Waals surface area (Å²) in [5.74, 6) is 1.87. The van der Waals surface area contributed by atoms with Gasteiger partial charge in [0, 0.05) is 13.1 Å². The third kappa shape index (κ3) is 2.29. The van der Waals surface area contributed by atoms with Crippen LogP contribution in [-0.2, 0) is 0 Å². The fourth-order valence-corrected chi connectivity index (χ4v) is 3.43. The highest BCUT2D eigenvalue weighted by Gasteiger charge is 2.35. The molecule has 2 saturated heterocycles. The Kier molecular flexibility index (Phi) is 2.85. The van der Waals surface area contributed by atoms with E-state index in [1.807, 2.05) is 0 Å². The zero-order valence-electron chi connectivity index (χ0n) is 9.84. The van der Waals surface area contributed by atoms with Crippen molar-refractivity contribution in [1.29, 1.82) is 0 Å². The number of piperidine rings is 1. The van der Waals surface area contributed by atoms with Crippen molar-refractivity contribution in [2.75, 3.05) is 33.2 Å². The van der Waals surface area contributed by atoms with Gasteiger partial charge in [-0.25, -0.2) is 0 Å². The van der Waals surface area contributed by atoms with Crippen LogP contribution in [0, 0.1) is 17.3 Å². The van der Waals surface area contributed by atoms with E-state index in [1.165, 1.54) is 39.0 Å². The predicted octanol–water partition coefficient (Wildman–Crippen LogP) is 1.57. The fraction of sp³-hybridized carbons (Fsp3) is 1.00. The van der Waals surface area contributed by atoms with Gasteiger partial charge in [-0.1, -0.05) is 13.8 Å². The van der Waals surface area contributed by atoms with Crippen molar-refractivity contribution in [2.24, 2.45) is 17.3 Å². The Hall–Kier alpha value is -0.0800. The maximum atomic E-state index is 3.49. The minimum absolute atomic E-state index is 0.528. The van der Waals surface area contributed by atoms with Crippen molar-refractivity contribution >= 4 is 0 Å². The lowest BCUT2D eigenvalue weighted by atomic mass is 9.73. The molecular weight excluding hydrogens is 172 g/mol. The van der Waals surface area contributed by atoms with Gasteiger partial charge in [0.2, 0.25) is 0 Å². The van der Waals surface area contributed by atoms with Gasteiger partial charge in [-0.15, -0.1) is 0 Å². The topological polar surface area (TPSA) is 15.3 Å². The molecule has 1 N–H and O–H groups in total. The first-order valence-electron chi connectivity index (χ1n) is 5.96. The van der Waals surface area contributed by atoms with Crippen molar-refractivity contribution < 1.29 is 0 Å². The van der Waals surface area contributed by atoms with Crippen LogP contribution in [0.15, 0.2) is 0 Å². The van der Waals surface area contributed by atoms with Crippen LogP contribution in [0.4, 0.5) is 0 Å². The third-order valence-electron chi connectivity index (χ3n) is 3.82. The van der Waals surface area contributed by atoms with Gasteiger partial charge in [0.25, 0.3) is 0 Å². The summed E-state index contributed by atoms with van der Waals surface area (Å²) in [6, 6.07) is 0. The SMILES string of the molecule is CN1CC(C2CCNC2)CC(C)(C)C1. The van der Waals surface area contributed by atoms with E-state index in [1.54, 1.807) is 0 Å². The lowest BCUT2D eigenvalue weighted by Crippen LogP contribution is -2.45. The Bertz CT molecular complexity index is 194. The van der Waals surface area contributed by atoms with Gasteiger partial charge in [-0.05, 0) is 50.2 Å². The van der Waals surface area contributed by atoms with Gasteiger partial charge in [0.05, 0.1) is 0 Å². The highest BCUT2D eigenvalue weighted by atomic mass is 15.1. The Labute approximate surface area is 88.1 Å². The molecule has 0 amide bonds. The van der Waals surface area contributed by atoms with Gasteiger partial charge in [0.1, 0.15) is 0 Å². The van der Waals surface area contributed by atoms with Gasteiger partial charge in [-0.3, -0.25) is 0 Å². The van der Waals surface area contributed by atoms with Gasteiger partial charge >= 0.3 is 0 Å². The molecule has 0 radical (unpaired) electrons. The van der Waals surface area contributed by atoms with Gasteiger partial charge in [-0.2, -0.15) is 0 Å². The minimum atomic E-state index is 0.528. The molecule has 0 aromatic rings. The molecule has 2 atom stereocenters. The molecule has 2 heterocycles. The van der Waals surface area contributed by atoms with Crippen LogP contribution in [0.5, 0.6) is 0 Å². The maximum Gasteiger partial charge on any atom is 0.00299 e. The lowest BCUT2D eigenvalue weighted by Gasteiger charge is -2.43. The Morgan fingerprint density at radius 1 is 1.29 bits per heavy atom. The standard InChI is InChI=1S/C12H24N2/c1-12(2)6-11(8-14(3)9-12)10-4-5-13-7-10/h10-11,13H,4-9H2,1-3H3. The average Bonchev–Trinajstić information content (AvgIpc) is 2.51. The molecule has 0 spiro atoms. The summed E-state index contributed by atoms with van der Waals surface area (Å²) in [6.45, 7) is 9.91. The Morgan fingerprint density at radius 3 is 2.64 bits per heavy atom. The Balaban J connectivity index is 1.97. The number of nitrogens with one attached hydrogen (secondary N) is 1. The molecule has 82 valence electrons. The molecule has 2 unspecified atom stereocenters. The first-order chi connectivity index (χ1) is 6.57. The van der Waals surface area contributed by atoms with Crippen LogP contribution in [-0.4, -0.2) is 38.1 Å². The smallest absolute Gasteiger partial charge is 0.00299 e. The molecule has 0 aliphatic carbocycles. The van der Waals surface area contributed by atoms with E-state index in [2.05, 4.69) is 31.1 Å². The molecule has 2 nitrogen and oxygen atoms in total. The molecule has 0 saturated carbocycles. The van der Waals surface area contributed by atoms with Gasteiger partial charge < -0.3 is 10.2 Å². The molecule has 2 heteroatoms. The molecule has 0 bridgehead atoms. The first kappa shape index (κ1) is 10.4. The summed E-state index contributed by atoms with van der Waals surface area (Å²) in [6.07, 6.45) is 2.82. The zero-order chi connectivity index (χ0) is 10.2. The number of nitrogens with zero attached hydrogens (tertiary/aromatic N) is 1. The van der Waals surface area contributed by atoms with Crippen molar-refractivity contribution in [3.8, 4) is 0 Å². The molecule has 2 aliphatic rings. The Morgan fingerprint density at radius 2 is 2.07 bits per heavy atom. The normalized spacial score (nSPS) is 38.8. The van der Waals surface area contributed by atoms with E-state index in [-0.39, 0.29) is 0 Å². The second kappa shape index (κ2) is 3.82. The van der Waals surface area contributed by atoms with Gasteiger partial charge in [0.15, 0.2) is 0 Å². The van der Waals surface area contributed by atoms with Crippen LogP contribution in [0.1, 0.15) is 26.7 Å². The summed E-state index contributed by atoms with van der Waals surface area (Å²) < 4.78 is 0. The van der Waals surface area contributed by atoms with E-state index in [0.29, 0.717) is 5.41 Å². The van der Waals surface area contributed by atoms with E-state index < -0.39 is 0 Å². The van der Waals surface area contributed by atoms with E-state index >= 15 is 0 Å². The highest BCUT2D eigenvalue weighted by molar-refractivity contribution is 4.89. The molecule has 14 heavy (non-hydrogen) atoms. The predicted molar refractivity (Wildman–Crippen MR) is 60.4 cm³/mol. The second-order valence-electron chi connectivity index (χ2n) is 6.08. The highest BCUT2D eigenvalue weighted by Crippen LogP contribution is 2.36. The fourth-order valence-electron chi connectivity index (χ4n) is 3.43. The minimum Gasteiger partial charge on any atom is -0.316 e. The second-order valence-corrected chi connectivity index (χ2v) is 6.08. The molecule has 0 aromatic heterocycles. The number of hydrogen-bond donors (Lipinski definition) is 1. The van der Waals surface area contributed by atoms with E-state index in [9.17, 15) is 0 Å². The van der Waals surface area contributed by atoms with Crippen LogP contribution < -0.4 is 5.32 Å². The third-order valence-corrected chi connectivity index (χ3v) is 3.82. The van der Waals surface area contributed by atoms with Crippen molar-refractivity contribution in [2.45, 2.75) is 26.7 Å². The zero-order valence-corrected chi connectivity index (χ0v) is 9.84. The van der Waals surface area contributed by atoms with Crippen LogP contribution >= 0.6 is 0 Å². The van der Waals surface area contributed by atoms with Crippen molar-refractivity contribution in [1.82, 2.24) is 10.2 Å². The summed E-state index contributed by atoms with van der Waals surface area (Å²) in [7, 11) is 2.27. The average molecular weight is 196 g/mol. The molecule has 2 rings (SSSR count). The van der Waals surface area contributed by atoms with E-state index in [0.717, 1.165) is 11.8 Å². The van der Waals surface area contributed by atoms with Crippen LogP contribution in [0.25, 0.3) is 0 Å². The van der Waals surface area contributed by atoms with Crippen LogP contribution in [0.2, 0.25) is 0 Å². The summed E-state index contributed by atoms with van der Waals surface area (Å²) in [5, 5.41) is 3.49. The van der Waals surface area contributed by atoms with Crippen LogP contribution in [0.3, 0.4) is 0 Å². The summed E-state index contributed by atoms with van der Waals surface area (Å²) in [4.78, 5) is 2.52. The number of likely N-dealkylation sites (tertiary alicyclic amines) is 1. The van der Waals surface area contributed by atoms with Crippen molar-refractivity contribution in [3.05, 3.63) is 0 Å². The summed E-state index contributed by atoms with van der Waals surface area (Å²) in [5.41, 5.74) is 0.528. The molecule has 0 aromatic carbocycles. The molecule has 2 aliphatic heterocycles. The monoisotopic (exact) mass is 196 g/mol. The molecule has 2 fully saturated rings. The quantitative estimate of drug-likeness (QED) is 0.685. The maximum absolute atomic E-state index is 3.49. The molecular formula is C12H24N2. The lowest BCUT2D eigenvalue weighted by molar-refractivity contribution is 0.0675. The first-order valence-corrected chi connectivity index (χ1v) is 5.96. The number of hydrogen-bond acceptors (Lipinski definition) is 2. The summed E-state index contributed by atoms with van der Waals surface area (Å²) >= 11 is 0. The number of rotatable bonds is 1.